The van der Waals surface area contributed by atoms with Gasteiger partial charge in [0.2, 0.25) is 0 Å². The maximum Gasteiger partial charge on any atom is 0.192 e. The molecule has 2 N–H and O–H groups in total. The highest BCUT2D eigenvalue weighted by Gasteiger charge is 2.41. The first kappa shape index (κ1) is 18.5. The van der Waals surface area contributed by atoms with E-state index in [1.54, 1.807) is 0 Å². The Labute approximate surface area is 142 Å². The standard InChI is InChI=1S/C18H35N3OSi/c1-17(2,3)21-16(19)12-15(20-21)13-9-10-14(11-13)22-23(7,8)18(4,5)6/h12-14H,9-11,19H2,1-8H3/t13-,14+/m0/s1. The van der Waals surface area contributed by atoms with E-state index < -0.39 is 8.32 Å². The van der Waals surface area contributed by atoms with Crippen molar-refractivity contribution in [2.75, 3.05) is 5.73 Å². The predicted octanol–water partition coefficient (Wildman–Crippen LogP) is 4.88. The van der Waals surface area contributed by atoms with Crippen molar-refractivity contribution in [3.05, 3.63) is 11.8 Å². The van der Waals surface area contributed by atoms with Gasteiger partial charge in [-0.3, -0.25) is 0 Å². The average molecular weight is 338 g/mol. The zero-order valence-electron chi connectivity index (χ0n) is 16.2. The lowest BCUT2D eigenvalue weighted by Gasteiger charge is -2.38. The van der Waals surface area contributed by atoms with Gasteiger partial charge in [-0.2, -0.15) is 5.10 Å². The molecule has 2 atom stereocenters. The van der Waals surface area contributed by atoms with Crippen LogP contribution in [0, 0.1) is 0 Å². The van der Waals surface area contributed by atoms with Gasteiger partial charge in [-0.1, -0.05) is 20.8 Å². The summed E-state index contributed by atoms with van der Waals surface area (Å²) in [5.41, 5.74) is 7.23. The number of rotatable bonds is 3. The third-order valence-electron chi connectivity index (χ3n) is 5.46. The van der Waals surface area contributed by atoms with Crippen LogP contribution in [0.3, 0.4) is 0 Å². The van der Waals surface area contributed by atoms with Gasteiger partial charge >= 0.3 is 0 Å². The second kappa shape index (κ2) is 5.92. The van der Waals surface area contributed by atoms with Crippen molar-refractivity contribution < 1.29 is 4.43 Å². The third kappa shape index (κ3) is 3.99. The van der Waals surface area contributed by atoms with Crippen LogP contribution in [0.4, 0.5) is 5.82 Å². The Morgan fingerprint density at radius 2 is 1.78 bits per heavy atom. The fourth-order valence-corrected chi connectivity index (χ4v) is 4.46. The number of anilines is 1. The molecule has 1 fully saturated rings. The Kier molecular flexibility index (Phi) is 4.77. The minimum Gasteiger partial charge on any atom is -0.414 e. The highest BCUT2D eigenvalue weighted by atomic mass is 28.4. The highest BCUT2D eigenvalue weighted by Crippen LogP contribution is 2.42. The molecule has 0 aromatic carbocycles. The van der Waals surface area contributed by atoms with Crippen LogP contribution in [0.1, 0.15) is 72.4 Å². The van der Waals surface area contributed by atoms with Crippen LogP contribution in [-0.4, -0.2) is 24.2 Å². The predicted molar refractivity (Wildman–Crippen MR) is 100 cm³/mol. The molecular weight excluding hydrogens is 302 g/mol. The Balaban J connectivity index is 2.07. The fraction of sp³-hybridized carbons (Fsp3) is 0.833. The Morgan fingerprint density at radius 1 is 1.17 bits per heavy atom. The van der Waals surface area contributed by atoms with Crippen LogP contribution in [0.2, 0.25) is 18.1 Å². The van der Waals surface area contributed by atoms with Gasteiger partial charge in [0.25, 0.3) is 0 Å². The lowest BCUT2D eigenvalue weighted by atomic mass is 10.0. The van der Waals surface area contributed by atoms with Crippen molar-refractivity contribution >= 4 is 14.1 Å². The molecule has 1 heterocycles. The molecule has 4 nitrogen and oxygen atoms in total. The number of nitrogen functional groups attached to an aromatic ring is 1. The number of aromatic nitrogens is 2. The number of nitrogens with two attached hydrogens (primary N) is 1. The summed E-state index contributed by atoms with van der Waals surface area (Å²) in [6.07, 6.45) is 3.74. The molecule has 2 rings (SSSR count). The van der Waals surface area contributed by atoms with E-state index in [0.29, 0.717) is 12.0 Å². The minimum absolute atomic E-state index is 0.0714. The summed E-state index contributed by atoms with van der Waals surface area (Å²) in [4.78, 5) is 0. The van der Waals surface area contributed by atoms with E-state index in [4.69, 9.17) is 15.3 Å². The maximum absolute atomic E-state index is 6.59. The molecule has 0 aliphatic heterocycles. The van der Waals surface area contributed by atoms with Gasteiger partial charge in [0.15, 0.2) is 8.32 Å². The number of hydrogen-bond donors (Lipinski definition) is 1. The minimum atomic E-state index is -1.69. The topological polar surface area (TPSA) is 53.1 Å². The highest BCUT2D eigenvalue weighted by molar-refractivity contribution is 6.74. The quantitative estimate of drug-likeness (QED) is 0.800. The van der Waals surface area contributed by atoms with Gasteiger partial charge in [0.05, 0.1) is 11.2 Å². The summed E-state index contributed by atoms with van der Waals surface area (Å²) >= 11 is 0. The molecule has 23 heavy (non-hydrogen) atoms. The van der Waals surface area contributed by atoms with E-state index in [-0.39, 0.29) is 10.6 Å². The first-order chi connectivity index (χ1) is 10.3. The summed E-state index contributed by atoms with van der Waals surface area (Å²) in [6, 6.07) is 2.06. The van der Waals surface area contributed by atoms with E-state index >= 15 is 0 Å². The van der Waals surface area contributed by atoms with Crippen molar-refractivity contribution in [1.82, 2.24) is 9.78 Å². The Hall–Kier alpha value is -0.813. The molecule has 0 amide bonds. The van der Waals surface area contributed by atoms with E-state index in [0.717, 1.165) is 30.8 Å². The van der Waals surface area contributed by atoms with Crippen molar-refractivity contribution in [3.8, 4) is 0 Å². The van der Waals surface area contributed by atoms with E-state index in [1.165, 1.54) is 0 Å². The Morgan fingerprint density at radius 3 is 2.26 bits per heavy atom. The van der Waals surface area contributed by atoms with Gasteiger partial charge in [-0.25, -0.2) is 4.68 Å². The molecule has 132 valence electrons. The van der Waals surface area contributed by atoms with Crippen molar-refractivity contribution in [2.24, 2.45) is 0 Å². The normalized spacial score (nSPS) is 23.5. The van der Waals surface area contributed by atoms with Gasteiger partial charge in [0.1, 0.15) is 5.82 Å². The maximum atomic E-state index is 6.59. The van der Waals surface area contributed by atoms with Crippen molar-refractivity contribution in [1.29, 1.82) is 0 Å². The molecule has 1 saturated carbocycles. The molecule has 0 saturated heterocycles. The largest absolute Gasteiger partial charge is 0.414 e. The lowest BCUT2D eigenvalue weighted by Crippen LogP contribution is -2.43. The molecule has 0 unspecified atom stereocenters. The van der Waals surface area contributed by atoms with Gasteiger partial charge in [0, 0.05) is 18.1 Å². The zero-order valence-corrected chi connectivity index (χ0v) is 17.2. The van der Waals surface area contributed by atoms with Gasteiger partial charge < -0.3 is 10.2 Å². The SMILES string of the molecule is CC(C)(C)n1nc([C@H]2CC[C@@H](O[Si](C)(C)C(C)(C)C)C2)cc1N. The van der Waals surface area contributed by atoms with Gasteiger partial charge in [-0.05, 0) is 58.2 Å². The summed E-state index contributed by atoms with van der Waals surface area (Å²) in [6.45, 7) is 18.0. The van der Waals surface area contributed by atoms with Crippen LogP contribution in [0.25, 0.3) is 0 Å². The molecule has 0 spiro atoms. The third-order valence-corrected chi connectivity index (χ3v) is 10.00. The Bertz CT molecular complexity index is 552. The van der Waals surface area contributed by atoms with Crippen molar-refractivity contribution in [3.63, 3.8) is 0 Å². The van der Waals surface area contributed by atoms with Gasteiger partial charge in [-0.15, -0.1) is 0 Å². The molecule has 1 aliphatic carbocycles. The molecule has 1 aromatic heterocycles. The zero-order chi connectivity index (χ0) is 17.6. The molecule has 5 heteroatoms. The van der Waals surface area contributed by atoms with Crippen LogP contribution in [0.5, 0.6) is 0 Å². The summed E-state index contributed by atoms with van der Waals surface area (Å²) < 4.78 is 8.54. The first-order valence-electron chi connectivity index (χ1n) is 8.85. The van der Waals surface area contributed by atoms with E-state index in [9.17, 15) is 0 Å². The fourth-order valence-electron chi connectivity index (χ4n) is 3.06. The van der Waals surface area contributed by atoms with Crippen LogP contribution < -0.4 is 5.73 Å². The second-order valence-corrected chi connectivity index (χ2v) is 14.3. The van der Waals surface area contributed by atoms with E-state index in [2.05, 4.69) is 60.7 Å². The number of nitrogens with zero attached hydrogens (tertiary/aromatic N) is 2. The molecule has 0 bridgehead atoms. The summed E-state index contributed by atoms with van der Waals surface area (Å²) in [7, 11) is -1.69. The average Bonchev–Trinajstić information content (AvgIpc) is 2.92. The lowest BCUT2D eigenvalue weighted by molar-refractivity contribution is 0.186. The first-order valence-corrected chi connectivity index (χ1v) is 11.8. The monoisotopic (exact) mass is 337 g/mol. The second-order valence-electron chi connectivity index (χ2n) is 9.59. The molecule has 1 aliphatic rings. The summed E-state index contributed by atoms with van der Waals surface area (Å²) in [5.74, 6) is 1.25. The molecule has 0 radical (unpaired) electrons. The molecule has 1 aromatic rings. The molecular formula is C18H35N3OSi. The van der Waals surface area contributed by atoms with Crippen LogP contribution in [0.15, 0.2) is 6.07 Å². The van der Waals surface area contributed by atoms with Crippen molar-refractivity contribution in [2.45, 2.75) is 96.5 Å². The summed E-state index contributed by atoms with van der Waals surface area (Å²) in [5, 5.41) is 5.06. The van der Waals surface area contributed by atoms with Crippen LogP contribution in [-0.2, 0) is 9.96 Å². The number of hydrogen-bond acceptors (Lipinski definition) is 3. The smallest absolute Gasteiger partial charge is 0.192 e. The van der Waals surface area contributed by atoms with E-state index in [1.807, 2.05) is 4.68 Å². The van der Waals surface area contributed by atoms with Crippen LogP contribution >= 0.6 is 0 Å².